The fraction of sp³-hybridized carbons (Fsp3) is 0.471. The van der Waals surface area contributed by atoms with Crippen LogP contribution in [0.15, 0.2) is 28.8 Å². The molecule has 1 fully saturated rings. The summed E-state index contributed by atoms with van der Waals surface area (Å²) in [6.07, 6.45) is 1.97. The van der Waals surface area contributed by atoms with E-state index in [1.807, 2.05) is 38.1 Å². The summed E-state index contributed by atoms with van der Waals surface area (Å²) in [6, 6.07) is 7.80. The molecular weight excluding hydrogens is 292 g/mol. The molecule has 0 unspecified atom stereocenters. The third-order valence-corrected chi connectivity index (χ3v) is 4.88. The zero-order valence-corrected chi connectivity index (χ0v) is 13.4. The SMILES string of the molecule is CC1(C)C(=O)N(c2noc(C3CCNCC3)n2)c2ccccc21. The van der Waals surface area contributed by atoms with Crippen molar-refractivity contribution in [2.75, 3.05) is 18.0 Å². The monoisotopic (exact) mass is 312 g/mol. The van der Waals surface area contributed by atoms with Gasteiger partial charge in [-0.2, -0.15) is 4.98 Å². The van der Waals surface area contributed by atoms with Gasteiger partial charge < -0.3 is 9.84 Å². The number of fused-ring (bicyclic) bond motifs is 1. The maximum atomic E-state index is 12.9. The molecule has 3 heterocycles. The van der Waals surface area contributed by atoms with E-state index in [4.69, 9.17) is 4.52 Å². The van der Waals surface area contributed by atoms with Crippen LogP contribution in [0.1, 0.15) is 44.1 Å². The molecule has 1 saturated heterocycles. The topological polar surface area (TPSA) is 71.3 Å². The molecule has 0 bridgehead atoms. The number of carbonyl (C=O) groups excluding carboxylic acids is 1. The number of nitrogens with one attached hydrogen (secondary N) is 1. The summed E-state index contributed by atoms with van der Waals surface area (Å²) >= 11 is 0. The van der Waals surface area contributed by atoms with Gasteiger partial charge in [0.2, 0.25) is 11.8 Å². The van der Waals surface area contributed by atoms with Crippen molar-refractivity contribution >= 4 is 17.5 Å². The summed E-state index contributed by atoms with van der Waals surface area (Å²) in [5, 5.41) is 7.41. The van der Waals surface area contributed by atoms with Crippen molar-refractivity contribution in [3.8, 4) is 0 Å². The molecule has 4 rings (SSSR count). The van der Waals surface area contributed by atoms with E-state index in [9.17, 15) is 4.79 Å². The normalized spacial score (nSPS) is 20.8. The number of para-hydroxylation sites is 1. The van der Waals surface area contributed by atoms with Crippen molar-refractivity contribution in [3.05, 3.63) is 35.7 Å². The Balaban J connectivity index is 1.71. The van der Waals surface area contributed by atoms with E-state index >= 15 is 0 Å². The average Bonchev–Trinajstić information content (AvgIpc) is 3.12. The Morgan fingerprint density at radius 1 is 1.26 bits per heavy atom. The van der Waals surface area contributed by atoms with Gasteiger partial charge in [0.25, 0.3) is 5.95 Å². The quantitative estimate of drug-likeness (QED) is 0.922. The summed E-state index contributed by atoms with van der Waals surface area (Å²) in [5.74, 6) is 1.24. The highest BCUT2D eigenvalue weighted by atomic mass is 16.5. The molecule has 120 valence electrons. The molecule has 0 radical (unpaired) electrons. The number of benzene rings is 1. The number of anilines is 2. The fourth-order valence-electron chi connectivity index (χ4n) is 3.45. The number of nitrogens with zero attached hydrogens (tertiary/aromatic N) is 3. The highest BCUT2D eigenvalue weighted by molar-refractivity contribution is 6.11. The van der Waals surface area contributed by atoms with Gasteiger partial charge in [-0.15, -0.1) is 0 Å². The van der Waals surface area contributed by atoms with Crippen LogP contribution in [0.25, 0.3) is 0 Å². The first-order valence-corrected chi connectivity index (χ1v) is 8.07. The van der Waals surface area contributed by atoms with Gasteiger partial charge in [0, 0.05) is 5.92 Å². The number of rotatable bonds is 2. The second-order valence-electron chi connectivity index (χ2n) is 6.74. The Morgan fingerprint density at radius 3 is 2.78 bits per heavy atom. The second kappa shape index (κ2) is 5.16. The number of hydrogen-bond acceptors (Lipinski definition) is 5. The number of hydrogen-bond donors (Lipinski definition) is 1. The van der Waals surface area contributed by atoms with E-state index in [1.165, 1.54) is 0 Å². The first kappa shape index (κ1) is 14.4. The molecule has 2 aliphatic rings. The van der Waals surface area contributed by atoms with Gasteiger partial charge in [-0.25, -0.2) is 4.90 Å². The van der Waals surface area contributed by atoms with Crippen LogP contribution in [-0.2, 0) is 10.2 Å². The van der Waals surface area contributed by atoms with Crippen molar-refractivity contribution in [2.45, 2.75) is 38.0 Å². The van der Waals surface area contributed by atoms with Crippen molar-refractivity contribution in [2.24, 2.45) is 0 Å². The predicted octanol–water partition coefficient (Wildman–Crippen LogP) is 2.49. The summed E-state index contributed by atoms with van der Waals surface area (Å²) in [7, 11) is 0. The van der Waals surface area contributed by atoms with E-state index < -0.39 is 5.41 Å². The predicted molar refractivity (Wildman–Crippen MR) is 85.8 cm³/mol. The summed E-state index contributed by atoms with van der Waals surface area (Å²) in [6.45, 7) is 5.78. The van der Waals surface area contributed by atoms with Crippen LogP contribution in [-0.4, -0.2) is 29.1 Å². The highest BCUT2D eigenvalue weighted by Gasteiger charge is 2.46. The Hall–Kier alpha value is -2.21. The third-order valence-electron chi connectivity index (χ3n) is 4.88. The van der Waals surface area contributed by atoms with Gasteiger partial charge in [-0.3, -0.25) is 4.79 Å². The van der Waals surface area contributed by atoms with Gasteiger partial charge in [0.05, 0.1) is 11.1 Å². The van der Waals surface area contributed by atoms with Gasteiger partial charge in [-0.1, -0.05) is 18.2 Å². The smallest absolute Gasteiger partial charge is 0.277 e. The summed E-state index contributed by atoms with van der Waals surface area (Å²) in [4.78, 5) is 19.0. The first-order chi connectivity index (χ1) is 11.1. The second-order valence-corrected chi connectivity index (χ2v) is 6.74. The summed E-state index contributed by atoms with van der Waals surface area (Å²) < 4.78 is 5.47. The molecule has 2 aromatic rings. The van der Waals surface area contributed by atoms with Crippen molar-refractivity contribution in [1.82, 2.24) is 15.5 Å². The Bertz CT molecular complexity index is 747. The maximum Gasteiger partial charge on any atom is 0.277 e. The van der Waals surface area contributed by atoms with Gasteiger partial charge in [0.1, 0.15) is 0 Å². The van der Waals surface area contributed by atoms with Crippen LogP contribution in [0.3, 0.4) is 0 Å². The van der Waals surface area contributed by atoms with E-state index in [1.54, 1.807) is 4.90 Å². The maximum absolute atomic E-state index is 12.9. The van der Waals surface area contributed by atoms with Crippen molar-refractivity contribution in [1.29, 1.82) is 0 Å². The lowest BCUT2D eigenvalue weighted by Gasteiger charge is -2.19. The Labute approximate surface area is 134 Å². The van der Waals surface area contributed by atoms with Gasteiger partial charge >= 0.3 is 0 Å². The molecule has 1 aromatic heterocycles. The summed E-state index contributed by atoms with van der Waals surface area (Å²) in [5.41, 5.74) is 1.27. The molecule has 0 atom stereocenters. The van der Waals surface area contributed by atoms with Crippen LogP contribution < -0.4 is 10.2 Å². The lowest BCUT2D eigenvalue weighted by Crippen LogP contribution is -2.33. The van der Waals surface area contributed by atoms with Crippen molar-refractivity contribution < 1.29 is 9.32 Å². The van der Waals surface area contributed by atoms with Gasteiger partial charge in [-0.05, 0) is 56.6 Å². The molecule has 1 N–H and O–H groups in total. The lowest BCUT2D eigenvalue weighted by atomic mass is 9.86. The molecule has 0 spiro atoms. The van der Waals surface area contributed by atoms with Crippen molar-refractivity contribution in [3.63, 3.8) is 0 Å². The van der Waals surface area contributed by atoms with E-state index in [0.29, 0.717) is 11.8 Å². The van der Waals surface area contributed by atoms with E-state index in [-0.39, 0.29) is 11.8 Å². The Kier molecular flexibility index (Phi) is 3.23. The molecule has 2 aliphatic heterocycles. The van der Waals surface area contributed by atoms with Crippen LogP contribution >= 0.6 is 0 Å². The Morgan fingerprint density at radius 2 is 2.00 bits per heavy atom. The van der Waals surface area contributed by atoms with Crippen LogP contribution in [0.4, 0.5) is 11.6 Å². The molecule has 0 aliphatic carbocycles. The van der Waals surface area contributed by atoms with Crippen LogP contribution in [0, 0.1) is 0 Å². The largest absolute Gasteiger partial charge is 0.337 e. The molecule has 1 aromatic carbocycles. The van der Waals surface area contributed by atoms with E-state index in [2.05, 4.69) is 15.5 Å². The molecular formula is C17H20N4O2. The molecule has 0 saturated carbocycles. The number of amides is 1. The highest BCUT2D eigenvalue weighted by Crippen LogP contribution is 2.44. The number of carbonyl (C=O) groups is 1. The fourth-order valence-corrected chi connectivity index (χ4v) is 3.45. The standard InChI is InChI=1S/C17H20N4O2/c1-17(2)12-5-3-4-6-13(12)21(15(17)22)16-19-14(23-20-16)11-7-9-18-10-8-11/h3-6,11,18H,7-10H2,1-2H3. The molecule has 23 heavy (non-hydrogen) atoms. The molecule has 6 heteroatoms. The third kappa shape index (κ3) is 2.16. The lowest BCUT2D eigenvalue weighted by molar-refractivity contribution is -0.121. The zero-order valence-electron chi connectivity index (χ0n) is 13.4. The minimum absolute atomic E-state index is 0.0173. The minimum atomic E-state index is -0.577. The first-order valence-electron chi connectivity index (χ1n) is 8.07. The van der Waals surface area contributed by atoms with Crippen LogP contribution in [0.5, 0.6) is 0 Å². The van der Waals surface area contributed by atoms with Gasteiger partial charge in [0.15, 0.2) is 0 Å². The van der Waals surface area contributed by atoms with E-state index in [0.717, 1.165) is 37.2 Å². The average molecular weight is 312 g/mol. The zero-order chi connectivity index (χ0) is 16.0. The number of aromatic nitrogens is 2. The number of piperidine rings is 1. The molecule has 1 amide bonds. The van der Waals surface area contributed by atoms with Crippen LogP contribution in [0.2, 0.25) is 0 Å². The minimum Gasteiger partial charge on any atom is -0.337 e. The molecule has 6 nitrogen and oxygen atoms in total.